The molecule has 1 fully saturated rings. The third kappa shape index (κ3) is 2.84. The van der Waals surface area contributed by atoms with Crippen LogP contribution in [0.3, 0.4) is 0 Å². The number of amides is 2. The van der Waals surface area contributed by atoms with Crippen LogP contribution in [0.2, 0.25) is 0 Å². The summed E-state index contributed by atoms with van der Waals surface area (Å²) in [6.07, 6.45) is 0.586. The molecule has 1 unspecified atom stereocenters. The van der Waals surface area contributed by atoms with Crippen LogP contribution in [0.1, 0.15) is 23.8 Å². The lowest BCUT2D eigenvalue weighted by molar-refractivity contribution is -0.127. The Kier molecular flexibility index (Phi) is 4.14. The second kappa shape index (κ2) is 6.24. The molecule has 2 heterocycles. The van der Waals surface area contributed by atoms with E-state index in [0.717, 1.165) is 16.7 Å². The molecule has 2 amide bonds. The number of pyridine rings is 1. The molecule has 1 saturated heterocycles. The van der Waals surface area contributed by atoms with Crippen LogP contribution in [0, 0.1) is 0 Å². The molecule has 0 aliphatic carbocycles. The zero-order chi connectivity index (χ0) is 16.4. The topological polar surface area (TPSA) is 71.5 Å². The van der Waals surface area contributed by atoms with Gasteiger partial charge in [0.25, 0.3) is 5.91 Å². The molecule has 120 valence electrons. The van der Waals surface area contributed by atoms with E-state index >= 15 is 0 Å². The maximum Gasteiger partial charge on any atom is 0.273 e. The van der Waals surface area contributed by atoms with Crippen LogP contribution in [0.25, 0.3) is 10.9 Å². The third-order valence-corrected chi connectivity index (χ3v) is 4.09. The van der Waals surface area contributed by atoms with E-state index in [4.69, 9.17) is 4.74 Å². The van der Waals surface area contributed by atoms with Crippen LogP contribution in [0.15, 0.2) is 30.3 Å². The summed E-state index contributed by atoms with van der Waals surface area (Å²) in [5, 5.41) is 3.70. The standard InChI is InChI=1S/C17H19N3O3/c1-3-15-16(21)18-8-9-20(15)17(22)14-6-4-11-10-12(23-2)5-7-13(11)19-14/h4-7,10,15H,3,8-9H2,1-2H3,(H,18,21). The van der Waals surface area contributed by atoms with Crippen molar-refractivity contribution < 1.29 is 14.3 Å². The lowest BCUT2D eigenvalue weighted by Crippen LogP contribution is -2.57. The quantitative estimate of drug-likeness (QED) is 0.934. The molecule has 2 aromatic rings. The van der Waals surface area contributed by atoms with Gasteiger partial charge in [0.15, 0.2) is 0 Å². The lowest BCUT2D eigenvalue weighted by Gasteiger charge is -2.34. The Labute approximate surface area is 134 Å². The van der Waals surface area contributed by atoms with Crippen LogP contribution < -0.4 is 10.1 Å². The largest absolute Gasteiger partial charge is 0.497 e. The molecule has 1 atom stereocenters. The third-order valence-electron chi connectivity index (χ3n) is 4.09. The molecular weight excluding hydrogens is 294 g/mol. The van der Waals surface area contributed by atoms with Gasteiger partial charge in [0, 0.05) is 18.5 Å². The molecule has 1 N–H and O–H groups in total. The summed E-state index contributed by atoms with van der Waals surface area (Å²) in [4.78, 5) is 30.7. The number of hydrogen-bond acceptors (Lipinski definition) is 4. The zero-order valence-corrected chi connectivity index (χ0v) is 13.2. The molecule has 1 aliphatic heterocycles. The number of aromatic nitrogens is 1. The van der Waals surface area contributed by atoms with Crippen LogP contribution in [0.5, 0.6) is 5.75 Å². The van der Waals surface area contributed by atoms with E-state index in [0.29, 0.717) is 25.2 Å². The molecule has 0 radical (unpaired) electrons. The highest BCUT2D eigenvalue weighted by Crippen LogP contribution is 2.21. The van der Waals surface area contributed by atoms with Gasteiger partial charge in [0.1, 0.15) is 17.5 Å². The Morgan fingerprint density at radius 1 is 1.39 bits per heavy atom. The van der Waals surface area contributed by atoms with E-state index in [9.17, 15) is 9.59 Å². The Morgan fingerprint density at radius 3 is 2.96 bits per heavy atom. The van der Waals surface area contributed by atoms with E-state index in [-0.39, 0.29) is 11.8 Å². The van der Waals surface area contributed by atoms with Crippen LogP contribution in [0.4, 0.5) is 0 Å². The fraction of sp³-hybridized carbons (Fsp3) is 0.353. The molecule has 0 saturated carbocycles. The normalized spacial score (nSPS) is 17.9. The highest BCUT2D eigenvalue weighted by Gasteiger charge is 2.32. The summed E-state index contributed by atoms with van der Waals surface area (Å²) in [5.41, 5.74) is 1.09. The molecule has 0 spiro atoms. The van der Waals surface area contributed by atoms with Gasteiger partial charge in [-0.25, -0.2) is 4.98 Å². The number of piperazine rings is 1. The molecule has 1 aromatic heterocycles. The highest BCUT2D eigenvalue weighted by atomic mass is 16.5. The number of hydrogen-bond donors (Lipinski definition) is 1. The Balaban J connectivity index is 1.92. The first-order valence-corrected chi connectivity index (χ1v) is 7.67. The predicted molar refractivity (Wildman–Crippen MR) is 86.4 cm³/mol. The van der Waals surface area contributed by atoms with Gasteiger partial charge >= 0.3 is 0 Å². The first-order valence-electron chi connectivity index (χ1n) is 7.67. The molecule has 6 heteroatoms. The second-order valence-electron chi connectivity index (χ2n) is 5.47. The Morgan fingerprint density at radius 2 is 2.22 bits per heavy atom. The number of benzene rings is 1. The first kappa shape index (κ1) is 15.3. The van der Waals surface area contributed by atoms with E-state index in [1.165, 1.54) is 0 Å². The number of fused-ring (bicyclic) bond motifs is 1. The van der Waals surface area contributed by atoms with E-state index < -0.39 is 6.04 Å². The van der Waals surface area contributed by atoms with Crippen molar-refractivity contribution in [3.63, 3.8) is 0 Å². The molecule has 1 aliphatic rings. The van der Waals surface area contributed by atoms with Crippen molar-refractivity contribution in [1.82, 2.24) is 15.2 Å². The van der Waals surface area contributed by atoms with Crippen LogP contribution >= 0.6 is 0 Å². The minimum Gasteiger partial charge on any atom is -0.497 e. The summed E-state index contributed by atoms with van der Waals surface area (Å²) in [6, 6.07) is 8.63. The van der Waals surface area contributed by atoms with E-state index in [2.05, 4.69) is 10.3 Å². The maximum absolute atomic E-state index is 12.7. The van der Waals surface area contributed by atoms with Crippen LogP contribution in [-0.4, -0.2) is 47.9 Å². The highest BCUT2D eigenvalue weighted by molar-refractivity contribution is 5.98. The minimum absolute atomic E-state index is 0.0994. The zero-order valence-electron chi connectivity index (χ0n) is 13.2. The molecule has 6 nitrogen and oxygen atoms in total. The number of nitrogens with zero attached hydrogens (tertiary/aromatic N) is 2. The fourth-order valence-corrected chi connectivity index (χ4v) is 2.86. The van der Waals surface area contributed by atoms with Crippen molar-refractivity contribution in [2.45, 2.75) is 19.4 Å². The van der Waals surface area contributed by atoms with Crippen LogP contribution in [-0.2, 0) is 4.79 Å². The average Bonchev–Trinajstić information content (AvgIpc) is 2.59. The monoisotopic (exact) mass is 313 g/mol. The van der Waals surface area contributed by atoms with Crippen molar-refractivity contribution in [2.24, 2.45) is 0 Å². The van der Waals surface area contributed by atoms with Gasteiger partial charge < -0.3 is 15.0 Å². The summed E-state index contributed by atoms with van der Waals surface area (Å²) in [6.45, 7) is 2.88. The number of carbonyl (C=O) groups excluding carboxylic acids is 2. The van der Waals surface area contributed by atoms with Gasteiger partial charge in [-0.05, 0) is 30.7 Å². The molecule has 0 bridgehead atoms. The number of carbonyl (C=O) groups is 2. The summed E-state index contributed by atoms with van der Waals surface area (Å²) in [7, 11) is 1.61. The maximum atomic E-state index is 12.7. The Bertz CT molecular complexity index is 760. The Hall–Kier alpha value is -2.63. The van der Waals surface area contributed by atoms with E-state index in [1.54, 1.807) is 18.1 Å². The van der Waals surface area contributed by atoms with Crippen molar-refractivity contribution >= 4 is 22.7 Å². The van der Waals surface area contributed by atoms with Gasteiger partial charge in [0.2, 0.25) is 5.91 Å². The van der Waals surface area contributed by atoms with E-state index in [1.807, 2.05) is 31.2 Å². The minimum atomic E-state index is -0.426. The number of ether oxygens (including phenoxy) is 1. The van der Waals surface area contributed by atoms with Gasteiger partial charge in [0.05, 0.1) is 12.6 Å². The van der Waals surface area contributed by atoms with Crippen molar-refractivity contribution in [3.05, 3.63) is 36.0 Å². The second-order valence-corrected chi connectivity index (χ2v) is 5.47. The van der Waals surface area contributed by atoms with Crippen molar-refractivity contribution in [3.8, 4) is 5.75 Å². The molecular formula is C17H19N3O3. The van der Waals surface area contributed by atoms with Gasteiger partial charge in [-0.3, -0.25) is 9.59 Å². The average molecular weight is 313 g/mol. The van der Waals surface area contributed by atoms with Crippen molar-refractivity contribution in [1.29, 1.82) is 0 Å². The fourth-order valence-electron chi connectivity index (χ4n) is 2.86. The van der Waals surface area contributed by atoms with Crippen molar-refractivity contribution in [2.75, 3.05) is 20.2 Å². The van der Waals surface area contributed by atoms with Gasteiger partial charge in [-0.15, -0.1) is 0 Å². The number of rotatable bonds is 3. The van der Waals surface area contributed by atoms with Gasteiger partial charge in [-0.1, -0.05) is 13.0 Å². The summed E-state index contributed by atoms with van der Waals surface area (Å²) in [5.74, 6) is 0.444. The SMILES string of the molecule is CCC1C(=O)NCCN1C(=O)c1ccc2cc(OC)ccc2n1. The molecule has 1 aromatic carbocycles. The first-order chi connectivity index (χ1) is 11.1. The number of methoxy groups -OCH3 is 1. The molecule has 23 heavy (non-hydrogen) atoms. The lowest BCUT2D eigenvalue weighted by atomic mass is 10.1. The summed E-state index contributed by atoms with van der Waals surface area (Å²) < 4.78 is 5.19. The molecule has 3 rings (SSSR count). The predicted octanol–water partition coefficient (Wildman–Crippen LogP) is 1.59. The summed E-state index contributed by atoms with van der Waals surface area (Å²) >= 11 is 0. The number of nitrogens with one attached hydrogen (secondary N) is 1. The van der Waals surface area contributed by atoms with Gasteiger partial charge in [-0.2, -0.15) is 0 Å². The smallest absolute Gasteiger partial charge is 0.273 e.